The van der Waals surface area contributed by atoms with Gasteiger partial charge in [-0.3, -0.25) is 14.4 Å². The number of aryl methyl sites for hydroxylation is 1. The van der Waals surface area contributed by atoms with E-state index >= 15 is 0 Å². The highest BCUT2D eigenvalue weighted by molar-refractivity contribution is 7.99. The Morgan fingerprint density at radius 2 is 1.71 bits per heavy atom. The number of nitrogens with zero attached hydrogens (tertiary/aromatic N) is 3. The van der Waals surface area contributed by atoms with E-state index in [2.05, 4.69) is 24.9 Å². The topological polar surface area (TPSA) is 188 Å². The third-order valence-corrected chi connectivity index (χ3v) is 13.5. The van der Waals surface area contributed by atoms with Crippen LogP contribution in [-0.2, 0) is 35.6 Å². The molecule has 0 bridgehead atoms. The van der Waals surface area contributed by atoms with Crippen molar-refractivity contribution in [3.8, 4) is 5.75 Å². The molecule has 0 aliphatic carbocycles. The van der Waals surface area contributed by atoms with Gasteiger partial charge in [0, 0.05) is 74.2 Å². The number of ether oxygens (including phenoxy) is 1. The van der Waals surface area contributed by atoms with Crippen molar-refractivity contribution in [2.24, 2.45) is 0 Å². The predicted molar refractivity (Wildman–Crippen MR) is 205 cm³/mol. The zero-order chi connectivity index (χ0) is 37.5. The summed E-state index contributed by atoms with van der Waals surface area (Å²) in [4.78, 5) is 22.9. The summed E-state index contributed by atoms with van der Waals surface area (Å²) in [5.74, 6) is 0.552. The van der Waals surface area contributed by atoms with Gasteiger partial charge in [0.15, 0.2) is 5.03 Å². The van der Waals surface area contributed by atoms with E-state index in [1.54, 1.807) is 43.0 Å². The molecule has 0 radical (unpaired) electrons. The number of sulfonamides is 2. The maximum atomic E-state index is 13.6. The lowest BCUT2D eigenvalue weighted by Crippen LogP contribution is -2.50. The minimum Gasteiger partial charge on any atom is -0.493 e. The predicted octanol–water partition coefficient (Wildman–Crippen LogP) is 3.09. The number of pyridine rings is 1. The van der Waals surface area contributed by atoms with Crippen molar-refractivity contribution in [1.29, 1.82) is 0 Å². The summed E-state index contributed by atoms with van der Waals surface area (Å²) in [5.41, 5.74) is 2.27. The summed E-state index contributed by atoms with van der Waals surface area (Å²) in [6, 6.07) is 18.0. The first-order valence-electron chi connectivity index (χ1n) is 16.6. The number of aromatic nitrogens is 2. The lowest BCUT2D eigenvalue weighted by atomic mass is 10.2. The number of amides is 1. The molecule has 1 amide bonds. The molecule has 1 saturated heterocycles. The minimum atomic E-state index is -4.14. The molecule has 2 aromatic carbocycles. The summed E-state index contributed by atoms with van der Waals surface area (Å²) in [6.45, 7) is 4.66. The molecule has 282 valence electrons. The summed E-state index contributed by atoms with van der Waals surface area (Å²) in [7, 11) is -10.6. The fourth-order valence-electron chi connectivity index (χ4n) is 5.76. The minimum absolute atomic E-state index is 0.0192. The van der Waals surface area contributed by atoms with Gasteiger partial charge in [0.1, 0.15) is 21.3 Å². The van der Waals surface area contributed by atoms with Crippen molar-refractivity contribution in [1.82, 2.24) is 24.5 Å². The summed E-state index contributed by atoms with van der Waals surface area (Å²) < 4.78 is 84.0. The third-order valence-electron chi connectivity index (χ3n) is 8.42. The van der Waals surface area contributed by atoms with Gasteiger partial charge < -0.3 is 15.0 Å². The monoisotopic (exact) mass is 792 g/mol. The van der Waals surface area contributed by atoms with E-state index < -0.39 is 35.8 Å². The number of rotatable bonds is 17. The second-order valence-electron chi connectivity index (χ2n) is 12.8. The van der Waals surface area contributed by atoms with Crippen molar-refractivity contribution in [3.63, 3.8) is 0 Å². The SMILES string of the molecule is Cc1cccnc1S(=O)(=O)Nc1cc(OCCCS(C)(=O)=O)cc2cc(C(=O)NCC(CN3CCN(S(C)(=O)=O)CC3)SCc3ccccc3)[nH]c12. The van der Waals surface area contributed by atoms with Crippen molar-refractivity contribution < 1.29 is 34.8 Å². The zero-order valence-electron chi connectivity index (χ0n) is 29.2. The zero-order valence-corrected chi connectivity index (χ0v) is 32.5. The lowest BCUT2D eigenvalue weighted by molar-refractivity contribution is 0.0947. The van der Waals surface area contributed by atoms with Gasteiger partial charge in [-0.05, 0) is 42.7 Å². The van der Waals surface area contributed by atoms with E-state index in [-0.39, 0.29) is 46.2 Å². The van der Waals surface area contributed by atoms with Crippen LogP contribution >= 0.6 is 11.8 Å². The second kappa shape index (κ2) is 17.0. The number of nitrogens with one attached hydrogen (secondary N) is 3. The molecular weight excluding hydrogens is 749 g/mol. The molecule has 1 aliphatic heterocycles. The molecule has 1 fully saturated rings. The number of hydrogen-bond acceptors (Lipinski definition) is 11. The van der Waals surface area contributed by atoms with Crippen LogP contribution in [0.15, 0.2) is 71.9 Å². The van der Waals surface area contributed by atoms with Crippen molar-refractivity contribution in [2.45, 2.75) is 29.4 Å². The maximum Gasteiger partial charge on any atom is 0.279 e. The third kappa shape index (κ3) is 11.2. The highest BCUT2D eigenvalue weighted by Crippen LogP contribution is 2.32. The Kier molecular flexibility index (Phi) is 12.9. The van der Waals surface area contributed by atoms with Gasteiger partial charge in [-0.1, -0.05) is 36.4 Å². The van der Waals surface area contributed by atoms with Crippen LogP contribution in [0.1, 0.15) is 28.0 Å². The molecule has 52 heavy (non-hydrogen) atoms. The van der Waals surface area contributed by atoms with Crippen LogP contribution in [0.5, 0.6) is 5.75 Å². The smallest absolute Gasteiger partial charge is 0.279 e. The number of sulfone groups is 1. The Bertz CT molecular complexity index is 2190. The molecule has 14 nitrogen and oxygen atoms in total. The van der Waals surface area contributed by atoms with Gasteiger partial charge in [-0.15, -0.1) is 0 Å². The number of anilines is 1. The highest BCUT2D eigenvalue weighted by atomic mass is 32.2. The molecule has 3 heterocycles. The quantitative estimate of drug-likeness (QED) is 0.133. The number of aromatic amines is 1. The summed E-state index contributed by atoms with van der Waals surface area (Å²) in [6.07, 6.45) is 3.99. The Morgan fingerprint density at radius 3 is 2.38 bits per heavy atom. The Labute approximate surface area is 309 Å². The molecule has 18 heteroatoms. The van der Waals surface area contributed by atoms with Gasteiger partial charge in [0.05, 0.1) is 29.8 Å². The van der Waals surface area contributed by atoms with Crippen LogP contribution in [0.25, 0.3) is 10.9 Å². The molecule has 1 aliphatic rings. The first-order chi connectivity index (χ1) is 24.6. The van der Waals surface area contributed by atoms with E-state index in [4.69, 9.17) is 4.74 Å². The van der Waals surface area contributed by atoms with Crippen LogP contribution in [0.2, 0.25) is 0 Å². The number of H-pyrrole nitrogens is 1. The number of thioether (sulfide) groups is 1. The van der Waals surface area contributed by atoms with Crippen LogP contribution in [0.4, 0.5) is 5.69 Å². The number of benzene rings is 2. The van der Waals surface area contributed by atoms with E-state index in [1.165, 1.54) is 22.8 Å². The average Bonchev–Trinajstić information content (AvgIpc) is 3.52. The molecule has 3 N–H and O–H groups in total. The fraction of sp³-hybridized carbons (Fsp3) is 0.412. The van der Waals surface area contributed by atoms with E-state index in [0.717, 1.165) is 17.6 Å². The molecule has 5 rings (SSSR count). The largest absolute Gasteiger partial charge is 0.493 e. The van der Waals surface area contributed by atoms with Gasteiger partial charge >= 0.3 is 0 Å². The first-order valence-corrected chi connectivity index (χ1v) is 23.0. The number of carbonyl (C=O) groups excluding carboxylic acids is 1. The Balaban J connectivity index is 1.35. The Hall–Kier alpha value is -3.68. The number of hydrogen-bond donors (Lipinski definition) is 3. The molecule has 0 spiro atoms. The standard InChI is InChI=1S/C34H44N6O8S4/c1-25-9-7-12-35-34(25)52(46,47)38-30-21-28(48-17-8-18-50(2,42)43)19-27-20-31(37-32(27)30)33(41)36-22-29(49-24-26-10-5-4-6-11-26)23-39-13-15-40(16-14-39)51(3,44)45/h4-7,9-12,19-21,29,37-38H,8,13-18,22-24H2,1-3H3,(H,36,41). The van der Waals surface area contributed by atoms with Crippen molar-refractivity contribution in [2.75, 3.05) is 68.9 Å². The van der Waals surface area contributed by atoms with Gasteiger partial charge in [0.25, 0.3) is 15.9 Å². The van der Waals surface area contributed by atoms with Crippen molar-refractivity contribution in [3.05, 3.63) is 83.7 Å². The van der Waals surface area contributed by atoms with Crippen LogP contribution in [0, 0.1) is 6.92 Å². The second-order valence-corrected chi connectivity index (χ2v) is 19.9. The molecule has 4 aromatic rings. The van der Waals surface area contributed by atoms with Crippen LogP contribution in [0.3, 0.4) is 0 Å². The van der Waals surface area contributed by atoms with Crippen LogP contribution in [-0.4, -0.2) is 120 Å². The number of piperazine rings is 1. The molecule has 2 aromatic heterocycles. The number of fused-ring (bicyclic) bond motifs is 1. The first kappa shape index (κ1) is 39.5. The Morgan fingerprint density at radius 1 is 0.981 bits per heavy atom. The van der Waals surface area contributed by atoms with Crippen molar-refractivity contribution >= 4 is 64.1 Å². The average molecular weight is 793 g/mol. The number of carbonyl (C=O) groups is 1. The highest BCUT2D eigenvalue weighted by Gasteiger charge is 2.26. The van der Waals surface area contributed by atoms with Crippen LogP contribution < -0.4 is 14.8 Å². The van der Waals surface area contributed by atoms with Gasteiger partial charge in [-0.2, -0.15) is 24.5 Å². The molecular formula is C34H44N6O8S4. The van der Waals surface area contributed by atoms with Gasteiger partial charge in [0.2, 0.25) is 10.0 Å². The normalized spacial score (nSPS) is 15.4. The summed E-state index contributed by atoms with van der Waals surface area (Å²) in [5, 5.41) is 3.36. The summed E-state index contributed by atoms with van der Waals surface area (Å²) >= 11 is 1.70. The molecule has 1 unspecified atom stereocenters. The molecule has 0 saturated carbocycles. The van der Waals surface area contributed by atoms with E-state index in [0.29, 0.717) is 55.7 Å². The fourth-order valence-corrected chi connectivity index (χ4v) is 9.60. The van der Waals surface area contributed by atoms with E-state index in [9.17, 15) is 30.0 Å². The molecule has 1 atom stereocenters. The lowest BCUT2D eigenvalue weighted by Gasteiger charge is -2.35. The maximum absolute atomic E-state index is 13.6. The van der Waals surface area contributed by atoms with Gasteiger partial charge in [-0.25, -0.2) is 21.8 Å². The van der Waals surface area contributed by atoms with E-state index in [1.807, 2.05) is 30.3 Å².